The zero-order chi connectivity index (χ0) is 14.4. The van der Waals surface area contributed by atoms with E-state index in [0.717, 1.165) is 0 Å². The summed E-state index contributed by atoms with van der Waals surface area (Å²) in [6.45, 7) is 5.93. The quantitative estimate of drug-likeness (QED) is 0.746. The Morgan fingerprint density at radius 1 is 1.32 bits per heavy atom. The SMILES string of the molecule is CCOC(=O)CCN(C)C(=O)c1cc(C)nnc1C. The minimum atomic E-state index is -0.303. The van der Waals surface area contributed by atoms with Crippen molar-refractivity contribution in [3.05, 3.63) is 23.0 Å². The maximum Gasteiger partial charge on any atom is 0.307 e. The fraction of sp³-hybridized carbons (Fsp3) is 0.538. The lowest BCUT2D eigenvalue weighted by atomic mass is 10.1. The minimum absolute atomic E-state index is 0.167. The second-order valence-corrected chi connectivity index (χ2v) is 4.27. The number of hydrogen-bond acceptors (Lipinski definition) is 5. The van der Waals surface area contributed by atoms with Crippen LogP contribution in [-0.2, 0) is 9.53 Å². The monoisotopic (exact) mass is 265 g/mol. The molecule has 104 valence electrons. The van der Waals surface area contributed by atoms with Crippen molar-refractivity contribution in [3.63, 3.8) is 0 Å². The Hall–Kier alpha value is -1.98. The first-order chi connectivity index (χ1) is 8.95. The molecule has 0 aromatic carbocycles. The summed E-state index contributed by atoms with van der Waals surface area (Å²) in [5.74, 6) is -0.470. The lowest BCUT2D eigenvalue weighted by Gasteiger charge is -2.17. The maximum absolute atomic E-state index is 12.2. The first-order valence-electron chi connectivity index (χ1n) is 6.17. The highest BCUT2D eigenvalue weighted by molar-refractivity contribution is 5.95. The van der Waals surface area contributed by atoms with Crippen molar-refractivity contribution in [2.45, 2.75) is 27.2 Å². The van der Waals surface area contributed by atoms with Crippen LogP contribution >= 0.6 is 0 Å². The molecule has 0 N–H and O–H groups in total. The van der Waals surface area contributed by atoms with E-state index in [9.17, 15) is 9.59 Å². The summed E-state index contributed by atoms with van der Waals surface area (Å²) in [6, 6.07) is 1.70. The molecule has 0 radical (unpaired) electrons. The Kier molecular flexibility index (Phi) is 5.41. The summed E-state index contributed by atoms with van der Waals surface area (Å²) in [7, 11) is 1.65. The van der Waals surface area contributed by atoms with Crippen molar-refractivity contribution >= 4 is 11.9 Å². The molecule has 0 atom stereocenters. The van der Waals surface area contributed by atoms with Gasteiger partial charge in [0.05, 0.1) is 30.0 Å². The molecular formula is C13H19N3O3. The lowest BCUT2D eigenvalue weighted by molar-refractivity contribution is -0.143. The molecule has 0 aliphatic rings. The minimum Gasteiger partial charge on any atom is -0.466 e. The summed E-state index contributed by atoms with van der Waals surface area (Å²) in [5.41, 5.74) is 1.78. The number of amides is 1. The van der Waals surface area contributed by atoms with Gasteiger partial charge in [0.15, 0.2) is 0 Å². The van der Waals surface area contributed by atoms with Crippen molar-refractivity contribution in [2.24, 2.45) is 0 Å². The number of aromatic nitrogens is 2. The van der Waals surface area contributed by atoms with Crippen LogP contribution in [0.2, 0.25) is 0 Å². The van der Waals surface area contributed by atoms with Crippen LogP contribution in [0.3, 0.4) is 0 Å². The number of nitrogens with zero attached hydrogens (tertiary/aromatic N) is 3. The van der Waals surface area contributed by atoms with Crippen molar-refractivity contribution in [2.75, 3.05) is 20.2 Å². The van der Waals surface area contributed by atoms with E-state index in [1.807, 2.05) is 0 Å². The van der Waals surface area contributed by atoms with Gasteiger partial charge in [0.2, 0.25) is 0 Å². The van der Waals surface area contributed by atoms with Gasteiger partial charge in [0.25, 0.3) is 5.91 Å². The topological polar surface area (TPSA) is 72.4 Å². The standard InChI is InChI=1S/C13H19N3O3/c1-5-19-12(17)6-7-16(4)13(18)11-8-9(2)14-15-10(11)3/h8H,5-7H2,1-4H3. The van der Waals surface area contributed by atoms with E-state index < -0.39 is 0 Å². The molecule has 0 saturated heterocycles. The number of hydrogen-bond donors (Lipinski definition) is 0. The molecule has 6 heteroatoms. The average Bonchev–Trinajstić information content (AvgIpc) is 2.38. The third kappa shape index (κ3) is 4.31. The molecule has 0 saturated carbocycles. The van der Waals surface area contributed by atoms with Gasteiger partial charge in [-0.05, 0) is 26.8 Å². The molecule has 6 nitrogen and oxygen atoms in total. The molecule has 1 rings (SSSR count). The number of rotatable bonds is 5. The molecular weight excluding hydrogens is 246 g/mol. The maximum atomic E-state index is 12.2. The Labute approximate surface area is 112 Å². The molecule has 0 unspecified atom stereocenters. The normalized spacial score (nSPS) is 10.1. The Morgan fingerprint density at radius 2 is 2.00 bits per heavy atom. The summed E-state index contributed by atoms with van der Waals surface area (Å²) in [4.78, 5) is 24.9. The number of esters is 1. The van der Waals surface area contributed by atoms with Crippen LogP contribution in [0.15, 0.2) is 6.07 Å². The predicted octanol–water partition coefficient (Wildman–Crippen LogP) is 1.12. The average molecular weight is 265 g/mol. The Morgan fingerprint density at radius 3 is 2.63 bits per heavy atom. The molecule has 0 aliphatic heterocycles. The van der Waals surface area contributed by atoms with Gasteiger partial charge in [-0.2, -0.15) is 10.2 Å². The largest absolute Gasteiger partial charge is 0.466 e. The van der Waals surface area contributed by atoms with Crippen molar-refractivity contribution in [1.29, 1.82) is 0 Å². The molecule has 1 aromatic heterocycles. The van der Waals surface area contributed by atoms with Gasteiger partial charge >= 0.3 is 5.97 Å². The van der Waals surface area contributed by atoms with E-state index >= 15 is 0 Å². The summed E-state index contributed by atoms with van der Waals surface area (Å²) in [5, 5.41) is 7.80. The fourth-order valence-corrected chi connectivity index (χ4v) is 1.57. The van der Waals surface area contributed by atoms with Crippen molar-refractivity contribution in [1.82, 2.24) is 15.1 Å². The van der Waals surface area contributed by atoms with E-state index in [1.54, 1.807) is 33.9 Å². The summed E-state index contributed by atoms with van der Waals surface area (Å²) >= 11 is 0. The second kappa shape index (κ2) is 6.82. The molecule has 0 spiro atoms. The van der Waals surface area contributed by atoms with Crippen LogP contribution in [0.4, 0.5) is 0 Å². The Balaban J connectivity index is 2.66. The van der Waals surface area contributed by atoms with Gasteiger partial charge in [0.1, 0.15) is 0 Å². The van der Waals surface area contributed by atoms with Gasteiger partial charge in [-0.25, -0.2) is 0 Å². The fourth-order valence-electron chi connectivity index (χ4n) is 1.57. The van der Waals surface area contributed by atoms with Crippen LogP contribution in [0.5, 0.6) is 0 Å². The van der Waals surface area contributed by atoms with E-state index in [2.05, 4.69) is 10.2 Å². The van der Waals surface area contributed by atoms with E-state index in [1.165, 1.54) is 4.90 Å². The number of aryl methyl sites for hydroxylation is 2. The van der Waals surface area contributed by atoms with Gasteiger partial charge in [-0.3, -0.25) is 9.59 Å². The molecule has 0 bridgehead atoms. The molecule has 1 amide bonds. The van der Waals surface area contributed by atoms with Crippen molar-refractivity contribution < 1.29 is 14.3 Å². The molecule has 1 aromatic rings. The highest BCUT2D eigenvalue weighted by Crippen LogP contribution is 2.08. The van der Waals surface area contributed by atoms with Gasteiger partial charge in [-0.1, -0.05) is 0 Å². The van der Waals surface area contributed by atoms with Crippen LogP contribution in [0, 0.1) is 13.8 Å². The highest BCUT2D eigenvalue weighted by atomic mass is 16.5. The smallest absolute Gasteiger partial charge is 0.307 e. The molecule has 0 aliphatic carbocycles. The second-order valence-electron chi connectivity index (χ2n) is 4.27. The van der Waals surface area contributed by atoms with Gasteiger partial charge in [-0.15, -0.1) is 0 Å². The van der Waals surface area contributed by atoms with E-state index in [4.69, 9.17) is 4.74 Å². The van der Waals surface area contributed by atoms with Crippen LogP contribution in [-0.4, -0.2) is 47.2 Å². The first kappa shape index (κ1) is 15.1. The zero-order valence-electron chi connectivity index (χ0n) is 11.8. The molecule has 19 heavy (non-hydrogen) atoms. The third-order valence-electron chi connectivity index (χ3n) is 2.63. The first-order valence-corrected chi connectivity index (χ1v) is 6.17. The molecule has 1 heterocycles. The molecule has 0 fully saturated rings. The Bertz CT molecular complexity index is 474. The zero-order valence-corrected chi connectivity index (χ0v) is 11.8. The number of carbonyl (C=O) groups is 2. The highest BCUT2D eigenvalue weighted by Gasteiger charge is 2.16. The van der Waals surface area contributed by atoms with Crippen LogP contribution in [0.1, 0.15) is 35.1 Å². The van der Waals surface area contributed by atoms with Crippen LogP contribution in [0.25, 0.3) is 0 Å². The van der Waals surface area contributed by atoms with E-state index in [0.29, 0.717) is 30.1 Å². The van der Waals surface area contributed by atoms with Gasteiger partial charge in [0, 0.05) is 13.6 Å². The number of ether oxygens (including phenoxy) is 1. The van der Waals surface area contributed by atoms with Crippen LogP contribution < -0.4 is 0 Å². The van der Waals surface area contributed by atoms with Crippen molar-refractivity contribution in [3.8, 4) is 0 Å². The summed E-state index contributed by atoms with van der Waals surface area (Å²) in [6.07, 6.45) is 0.187. The number of carbonyl (C=O) groups excluding carboxylic acids is 2. The predicted molar refractivity (Wildman–Crippen MR) is 69.7 cm³/mol. The lowest BCUT2D eigenvalue weighted by Crippen LogP contribution is -2.30. The summed E-state index contributed by atoms with van der Waals surface area (Å²) < 4.78 is 4.82. The third-order valence-corrected chi connectivity index (χ3v) is 2.63. The van der Waals surface area contributed by atoms with Gasteiger partial charge < -0.3 is 9.64 Å². The van der Waals surface area contributed by atoms with E-state index in [-0.39, 0.29) is 18.3 Å².